The number of hydrogen-bond donors (Lipinski definition) is 0. The Morgan fingerprint density at radius 1 is 0.345 bits per heavy atom. The van der Waals surface area contributed by atoms with E-state index in [1.165, 1.54) is 15.5 Å². The molecular weight excluding hydrogens is 713 g/mol. The number of benzene rings is 7. The number of hydrogen-bond acceptors (Lipinski definition) is 7. The van der Waals surface area contributed by atoms with Crippen LogP contribution in [0, 0.1) is 0 Å². The van der Waals surface area contributed by atoms with Gasteiger partial charge in [0.2, 0.25) is 0 Å². The highest BCUT2D eigenvalue weighted by Gasteiger charge is 2.18. The van der Waals surface area contributed by atoms with Crippen LogP contribution in [-0.4, -0.2) is 29.5 Å². The molecule has 0 saturated carbocycles. The zero-order valence-electron chi connectivity index (χ0n) is 29.2. The minimum Gasteiger partial charge on any atom is -0.285 e. The third-order valence-corrected chi connectivity index (χ3v) is 12.0. The van der Waals surface area contributed by atoms with Crippen LogP contribution in [0.2, 0.25) is 0 Å². The monoisotopic (exact) mass is 740 g/mol. The smallest absolute Gasteiger partial charge is 0.195 e. The Morgan fingerprint density at radius 3 is 1.73 bits per heavy atom. The topological polar surface area (TPSA) is 69.4 Å². The van der Waals surface area contributed by atoms with Crippen LogP contribution in [0.1, 0.15) is 0 Å². The van der Waals surface area contributed by atoms with Crippen molar-refractivity contribution in [3.63, 3.8) is 0 Å². The van der Waals surface area contributed by atoms with Crippen molar-refractivity contribution in [2.75, 3.05) is 0 Å². The van der Waals surface area contributed by atoms with Gasteiger partial charge in [-0.2, -0.15) is 0 Å². The lowest BCUT2D eigenvalue weighted by Crippen LogP contribution is -1.99. The summed E-state index contributed by atoms with van der Waals surface area (Å²) in [6.07, 6.45) is 0. The minimum atomic E-state index is 0.631. The van der Waals surface area contributed by atoms with E-state index >= 15 is 0 Å². The molecule has 4 heterocycles. The summed E-state index contributed by atoms with van der Waals surface area (Å²) in [6.45, 7) is 0. The van der Waals surface area contributed by atoms with Gasteiger partial charge in [-0.05, 0) is 65.7 Å². The first-order valence-corrected chi connectivity index (χ1v) is 19.6. The highest BCUT2D eigenvalue weighted by Crippen LogP contribution is 2.39. The fraction of sp³-hybridized carbons (Fsp3) is 0. The lowest BCUT2D eigenvalue weighted by Gasteiger charge is -2.08. The highest BCUT2D eigenvalue weighted by molar-refractivity contribution is 7.21. The molecule has 0 radical (unpaired) electrons. The Balaban J connectivity index is 0.966. The maximum Gasteiger partial charge on any atom is 0.195 e. The van der Waals surface area contributed by atoms with Crippen molar-refractivity contribution in [1.29, 1.82) is 0 Å². The molecule has 0 unspecified atom stereocenters. The molecule has 0 bridgehead atoms. The van der Waals surface area contributed by atoms with Gasteiger partial charge >= 0.3 is 0 Å². The van der Waals surface area contributed by atoms with E-state index in [2.05, 4.69) is 108 Å². The van der Waals surface area contributed by atoms with E-state index in [4.69, 9.17) is 24.9 Å². The highest BCUT2D eigenvalue weighted by atomic mass is 32.1. The van der Waals surface area contributed by atoms with Crippen LogP contribution in [-0.2, 0) is 0 Å². The van der Waals surface area contributed by atoms with E-state index in [1.807, 2.05) is 66.7 Å². The first kappa shape index (κ1) is 31.6. The molecule has 7 aromatic carbocycles. The first-order chi connectivity index (χ1) is 27.2. The normalized spacial score (nSPS) is 11.6. The number of aromatic nitrogens is 6. The predicted molar refractivity (Wildman–Crippen MR) is 228 cm³/mol. The molecule has 0 atom stereocenters. The number of para-hydroxylation sites is 2. The number of rotatable bonds is 6. The Labute approximate surface area is 323 Å². The zero-order valence-corrected chi connectivity index (χ0v) is 30.8. The molecule has 11 rings (SSSR count). The summed E-state index contributed by atoms with van der Waals surface area (Å²) in [5, 5.41) is 4.36. The molecule has 8 heteroatoms. The standard InChI is InChI=1S/C47H28N6S2/c1-3-12-29(13-4-1)43-50-44(30-14-5-2-6-15-30)52-45(51-43)33-22-24-38-42(28-33)54-46(48-38)34-17-11-16-31(26-34)32-23-25-40-36(27-32)35-18-7-9-20-39(35)53(40)47-49-37-19-8-10-21-41(37)55-47/h1-28H. The van der Waals surface area contributed by atoms with Crippen molar-refractivity contribution in [2.24, 2.45) is 0 Å². The number of fused-ring (bicyclic) bond motifs is 5. The molecule has 6 nitrogen and oxygen atoms in total. The van der Waals surface area contributed by atoms with Crippen molar-refractivity contribution < 1.29 is 0 Å². The van der Waals surface area contributed by atoms with Gasteiger partial charge in [0.15, 0.2) is 22.6 Å². The maximum absolute atomic E-state index is 5.08. The summed E-state index contributed by atoms with van der Waals surface area (Å²) < 4.78 is 4.56. The van der Waals surface area contributed by atoms with Gasteiger partial charge in [0, 0.05) is 33.0 Å². The molecule has 0 spiro atoms. The van der Waals surface area contributed by atoms with Gasteiger partial charge in [-0.1, -0.05) is 127 Å². The van der Waals surface area contributed by atoms with Gasteiger partial charge < -0.3 is 0 Å². The summed E-state index contributed by atoms with van der Waals surface area (Å²) in [7, 11) is 0. The molecule has 0 N–H and O–H groups in total. The third kappa shape index (κ3) is 5.58. The molecule has 55 heavy (non-hydrogen) atoms. The molecule has 0 aliphatic heterocycles. The van der Waals surface area contributed by atoms with E-state index in [-0.39, 0.29) is 0 Å². The second-order valence-electron chi connectivity index (χ2n) is 13.4. The molecular formula is C47H28N6S2. The Kier molecular flexibility index (Phi) is 7.43. The van der Waals surface area contributed by atoms with Crippen molar-refractivity contribution in [2.45, 2.75) is 0 Å². The Bertz CT molecular complexity index is 3130. The summed E-state index contributed by atoms with van der Waals surface area (Å²) in [6, 6.07) is 58.8. The van der Waals surface area contributed by atoms with Gasteiger partial charge in [0.1, 0.15) is 5.01 Å². The van der Waals surface area contributed by atoms with E-state index in [1.54, 1.807) is 22.7 Å². The molecule has 0 saturated heterocycles. The van der Waals surface area contributed by atoms with E-state index in [9.17, 15) is 0 Å². The molecule has 0 fully saturated rings. The summed E-state index contributed by atoms with van der Waals surface area (Å²) in [5.41, 5.74) is 10.5. The predicted octanol–water partition coefficient (Wildman–Crippen LogP) is 12.5. The van der Waals surface area contributed by atoms with Crippen LogP contribution >= 0.6 is 22.7 Å². The SMILES string of the molecule is c1ccc(-c2nc(-c3ccccc3)nc(-c3ccc4nc(-c5cccc(-c6ccc7c(c6)c6ccccc6n7-c6nc7ccccc7s6)c5)sc4c3)n2)cc1. The fourth-order valence-electron chi connectivity index (χ4n) is 7.27. The van der Waals surface area contributed by atoms with E-state index in [0.717, 1.165) is 70.3 Å². The lowest BCUT2D eigenvalue weighted by molar-refractivity contribution is 1.07. The van der Waals surface area contributed by atoms with E-state index in [0.29, 0.717) is 17.5 Å². The average Bonchev–Trinajstić information content (AvgIpc) is 3.97. The molecule has 0 aliphatic rings. The second-order valence-corrected chi connectivity index (χ2v) is 15.4. The van der Waals surface area contributed by atoms with Crippen LogP contribution in [0.5, 0.6) is 0 Å². The molecule has 0 amide bonds. The second kappa shape index (κ2) is 12.9. The van der Waals surface area contributed by atoms with Crippen LogP contribution in [0.3, 0.4) is 0 Å². The third-order valence-electron chi connectivity index (χ3n) is 9.94. The van der Waals surface area contributed by atoms with Gasteiger partial charge in [-0.15, -0.1) is 11.3 Å². The van der Waals surface area contributed by atoms with Gasteiger partial charge in [-0.3, -0.25) is 4.57 Å². The number of nitrogens with zero attached hydrogens (tertiary/aromatic N) is 6. The van der Waals surface area contributed by atoms with Crippen LogP contribution < -0.4 is 0 Å². The van der Waals surface area contributed by atoms with Crippen molar-refractivity contribution in [3.8, 4) is 61.0 Å². The summed E-state index contributed by atoms with van der Waals surface area (Å²) in [4.78, 5) is 24.8. The van der Waals surface area contributed by atoms with Crippen molar-refractivity contribution >= 4 is 64.9 Å². The van der Waals surface area contributed by atoms with Crippen LogP contribution in [0.15, 0.2) is 170 Å². The fourth-order valence-corrected chi connectivity index (χ4v) is 9.27. The molecule has 0 aliphatic carbocycles. The maximum atomic E-state index is 5.08. The van der Waals surface area contributed by atoms with Gasteiger partial charge in [0.05, 0.1) is 31.5 Å². The average molecular weight is 741 g/mol. The first-order valence-electron chi connectivity index (χ1n) is 18.0. The quantitative estimate of drug-likeness (QED) is 0.170. The largest absolute Gasteiger partial charge is 0.285 e. The van der Waals surface area contributed by atoms with Gasteiger partial charge in [0.25, 0.3) is 0 Å². The molecule has 258 valence electrons. The number of thiazole rings is 2. The van der Waals surface area contributed by atoms with E-state index < -0.39 is 0 Å². The minimum absolute atomic E-state index is 0.631. The van der Waals surface area contributed by atoms with Crippen molar-refractivity contribution in [1.82, 2.24) is 29.5 Å². The van der Waals surface area contributed by atoms with Crippen LogP contribution in [0.4, 0.5) is 0 Å². The molecule has 11 aromatic rings. The molecule has 4 aromatic heterocycles. The van der Waals surface area contributed by atoms with Crippen molar-refractivity contribution in [3.05, 3.63) is 170 Å². The lowest BCUT2D eigenvalue weighted by atomic mass is 10.0. The van der Waals surface area contributed by atoms with Crippen LogP contribution in [0.25, 0.3) is 103 Å². The Morgan fingerprint density at radius 2 is 0.945 bits per heavy atom. The summed E-state index contributed by atoms with van der Waals surface area (Å²) in [5.74, 6) is 1.92. The van der Waals surface area contributed by atoms with Gasteiger partial charge in [-0.25, -0.2) is 24.9 Å². The summed E-state index contributed by atoms with van der Waals surface area (Å²) >= 11 is 3.40. The Hall–Kier alpha value is -6.87. The zero-order chi connectivity index (χ0) is 36.3.